The van der Waals surface area contributed by atoms with E-state index in [1.54, 1.807) is 19.1 Å². The van der Waals surface area contributed by atoms with Crippen LogP contribution in [0.25, 0.3) is 6.08 Å². The number of benzene rings is 2. The number of hydrogen-bond donors (Lipinski definition) is 1. The number of amides is 3. The molecule has 12 heteroatoms. The zero-order chi connectivity index (χ0) is 26.4. The average molecular weight is 535 g/mol. The first kappa shape index (κ1) is 26.9. The SMILES string of the molecule is CCOC(=O)c1cc(NC(=O)CN2C(=O)S/C(=C/c3cc(OC)c(OC)cc3OC)C2=O)ccc1Cl. The Bertz CT molecular complexity index is 1250. The van der Waals surface area contributed by atoms with Crippen LogP contribution in [-0.2, 0) is 14.3 Å². The molecular formula is C24H23ClN2O8S. The second-order valence-electron chi connectivity index (χ2n) is 7.18. The van der Waals surface area contributed by atoms with Gasteiger partial charge in [-0.2, -0.15) is 0 Å². The largest absolute Gasteiger partial charge is 0.496 e. The highest BCUT2D eigenvalue weighted by molar-refractivity contribution is 8.18. The number of anilines is 1. The number of nitrogens with zero attached hydrogens (tertiary/aromatic N) is 1. The summed E-state index contributed by atoms with van der Waals surface area (Å²) in [4.78, 5) is 50.9. The minimum Gasteiger partial charge on any atom is -0.496 e. The summed E-state index contributed by atoms with van der Waals surface area (Å²) in [6, 6.07) is 7.48. The molecule has 1 aliphatic rings. The second kappa shape index (κ2) is 11.8. The number of nitrogens with one attached hydrogen (secondary N) is 1. The molecular weight excluding hydrogens is 512 g/mol. The Morgan fingerprint density at radius 2 is 1.69 bits per heavy atom. The summed E-state index contributed by atoms with van der Waals surface area (Å²) in [6.07, 6.45) is 1.48. The molecule has 0 atom stereocenters. The van der Waals surface area contributed by atoms with Crippen molar-refractivity contribution in [1.82, 2.24) is 4.90 Å². The van der Waals surface area contributed by atoms with Crippen molar-refractivity contribution < 1.29 is 38.1 Å². The van der Waals surface area contributed by atoms with Gasteiger partial charge in [-0.3, -0.25) is 19.3 Å². The molecule has 0 saturated carbocycles. The molecule has 2 aromatic carbocycles. The smallest absolute Gasteiger partial charge is 0.339 e. The van der Waals surface area contributed by atoms with Crippen molar-refractivity contribution >= 4 is 58.1 Å². The zero-order valence-corrected chi connectivity index (χ0v) is 21.5. The van der Waals surface area contributed by atoms with Crippen molar-refractivity contribution in [2.75, 3.05) is 39.8 Å². The van der Waals surface area contributed by atoms with Crippen molar-refractivity contribution in [2.45, 2.75) is 6.92 Å². The van der Waals surface area contributed by atoms with Crippen molar-refractivity contribution in [3.63, 3.8) is 0 Å². The van der Waals surface area contributed by atoms with Gasteiger partial charge in [0.05, 0.1) is 43.4 Å². The molecule has 3 rings (SSSR count). The predicted octanol–water partition coefficient (Wildman–Crippen LogP) is 4.22. The number of hydrogen-bond acceptors (Lipinski definition) is 9. The van der Waals surface area contributed by atoms with Gasteiger partial charge in [0.1, 0.15) is 12.3 Å². The summed E-state index contributed by atoms with van der Waals surface area (Å²) in [6.45, 7) is 1.29. The monoisotopic (exact) mass is 534 g/mol. The Labute approximate surface area is 216 Å². The van der Waals surface area contributed by atoms with Gasteiger partial charge in [-0.25, -0.2) is 4.79 Å². The van der Waals surface area contributed by atoms with Crippen molar-refractivity contribution in [1.29, 1.82) is 0 Å². The van der Waals surface area contributed by atoms with Crippen LogP contribution in [0.5, 0.6) is 17.2 Å². The molecule has 10 nitrogen and oxygen atoms in total. The Hall–Kier alpha value is -3.70. The summed E-state index contributed by atoms with van der Waals surface area (Å²) in [5, 5.41) is 2.11. The molecule has 3 amide bonds. The Balaban J connectivity index is 1.77. The standard InChI is InChI=1S/C24H23ClN2O8S/c1-5-35-23(30)15-10-14(6-7-16(15)25)26-21(28)12-27-22(29)20(36-24(27)31)9-13-8-18(33-3)19(34-4)11-17(13)32-2/h6-11H,5,12H2,1-4H3,(H,26,28)/b20-9+. The lowest BCUT2D eigenvalue weighted by atomic mass is 10.1. The maximum atomic E-state index is 12.9. The number of thioether (sulfide) groups is 1. The number of imide groups is 1. The molecule has 0 aliphatic carbocycles. The highest BCUT2D eigenvalue weighted by atomic mass is 35.5. The molecule has 36 heavy (non-hydrogen) atoms. The molecule has 1 N–H and O–H groups in total. The lowest BCUT2D eigenvalue weighted by molar-refractivity contribution is -0.127. The first-order valence-corrected chi connectivity index (χ1v) is 11.7. The molecule has 0 aromatic heterocycles. The Morgan fingerprint density at radius 1 is 1.03 bits per heavy atom. The van der Waals surface area contributed by atoms with Crippen LogP contribution in [0.1, 0.15) is 22.8 Å². The number of ether oxygens (including phenoxy) is 4. The maximum Gasteiger partial charge on any atom is 0.339 e. The van der Waals surface area contributed by atoms with Gasteiger partial charge in [0.25, 0.3) is 11.1 Å². The molecule has 1 fully saturated rings. The van der Waals surface area contributed by atoms with E-state index in [2.05, 4.69) is 5.32 Å². The molecule has 0 spiro atoms. The van der Waals surface area contributed by atoms with Crippen LogP contribution < -0.4 is 19.5 Å². The highest BCUT2D eigenvalue weighted by Crippen LogP contribution is 2.38. The molecule has 1 aliphatic heterocycles. The highest BCUT2D eigenvalue weighted by Gasteiger charge is 2.36. The van der Waals surface area contributed by atoms with Gasteiger partial charge in [0.2, 0.25) is 5.91 Å². The zero-order valence-electron chi connectivity index (χ0n) is 19.9. The first-order valence-electron chi connectivity index (χ1n) is 10.5. The minimum atomic E-state index is -0.639. The summed E-state index contributed by atoms with van der Waals surface area (Å²) < 4.78 is 20.9. The lowest BCUT2D eigenvalue weighted by Crippen LogP contribution is -2.36. The van der Waals surface area contributed by atoms with E-state index in [9.17, 15) is 19.2 Å². The summed E-state index contributed by atoms with van der Waals surface area (Å²) in [7, 11) is 4.41. The number of esters is 1. The summed E-state index contributed by atoms with van der Waals surface area (Å²) in [5.74, 6) is -0.671. The second-order valence-corrected chi connectivity index (χ2v) is 8.58. The van der Waals surface area contributed by atoms with E-state index in [0.717, 1.165) is 4.90 Å². The number of methoxy groups -OCH3 is 3. The lowest BCUT2D eigenvalue weighted by Gasteiger charge is -2.14. The van der Waals surface area contributed by atoms with Gasteiger partial charge in [-0.1, -0.05) is 11.6 Å². The van der Waals surface area contributed by atoms with E-state index in [4.69, 9.17) is 30.5 Å². The topological polar surface area (TPSA) is 120 Å². The Morgan fingerprint density at radius 3 is 2.33 bits per heavy atom. The van der Waals surface area contributed by atoms with Crippen molar-refractivity contribution in [3.05, 3.63) is 51.4 Å². The molecule has 1 heterocycles. The molecule has 2 aromatic rings. The number of carbonyl (C=O) groups excluding carboxylic acids is 4. The van der Waals surface area contributed by atoms with Crippen LogP contribution in [0.4, 0.5) is 10.5 Å². The first-order chi connectivity index (χ1) is 17.2. The molecule has 0 radical (unpaired) electrons. The van der Waals surface area contributed by atoms with Gasteiger partial charge in [-0.05, 0) is 49.0 Å². The van der Waals surface area contributed by atoms with Crippen LogP contribution in [0.15, 0.2) is 35.2 Å². The van der Waals surface area contributed by atoms with E-state index in [1.807, 2.05) is 0 Å². The number of rotatable bonds is 9. The van der Waals surface area contributed by atoms with Crippen LogP contribution in [0.3, 0.4) is 0 Å². The number of halogens is 1. The maximum absolute atomic E-state index is 12.9. The molecule has 190 valence electrons. The van der Waals surface area contributed by atoms with E-state index in [1.165, 1.54) is 45.6 Å². The third-order valence-electron chi connectivity index (χ3n) is 4.94. The van der Waals surface area contributed by atoms with Crippen molar-refractivity contribution in [3.8, 4) is 17.2 Å². The van der Waals surface area contributed by atoms with Crippen LogP contribution >= 0.6 is 23.4 Å². The third kappa shape index (κ3) is 5.92. The minimum absolute atomic E-state index is 0.0780. The van der Waals surface area contributed by atoms with Crippen LogP contribution in [-0.4, -0.2) is 62.4 Å². The summed E-state index contributed by atoms with van der Waals surface area (Å²) in [5.41, 5.74) is 0.817. The van der Waals surface area contributed by atoms with E-state index in [0.29, 0.717) is 34.6 Å². The van der Waals surface area contributed by atoms with E-state index < -0.39 is 29.6 Å². The van der Waals surface area contributed by atoms with Gasteiger partial charge >= 0.3 is 5.97 Å². The molecule has 0 unspecified atom stereocenters. The fourth-order valence-corrected chi connectivity index (χ4v) is 4.28. The average Bonchev–Trinajstić information content (AvgIpc) is 3.12. The quantitative estimate of drug-likeness (QED) is 0.372. The van der Waals surface area contributed by atoms with Gasteiger partial charge in [0.15, 0.2) is 11.5 Å². The van der Waals surface area contributed by atoms with E-state index in [-0.39, 0.29) is 27.8 Å². The van der Waals surface area contributed by atoms with Gasteiger partial charge < -0.3 is 24.3 Å². The van der Waals surface area contributed by atoms with Crippen LogP contribution in [0.2, 0.25) is 5.02 Å². The molecule has 1 saturated heterocycles. The van der Waals surface area contributed by atoms with Crippen molar-refractivity contribution in [2.24, 2.45) is 0 Å². The summed E-state index contributed by atoms with van der Waals surface area (Å²) >= 11 is 6.73. The van der Waals surface area contributed by atoms with Crippen LogP contribution in [0, 0.1) is 0 Å². The van der Waals surface area contributed by atoms with Gasteiger partial charge in [0, 0.05) is 17.3 Å². The fourth-order valence-electron chi connectivity index (χ4n) is 3.26. The fraction of sp³-hybridized carbons (Fsp3) is 0.250. The Kier molecular flexibility index (Phi) is 8.83. The van der Waals surface area contributed by atoms with E-state index >= 15 is 0 Å². The normalized spacial score (nSPS) is 14.1. The predicted molar refractivity (Wildman–Crippen MR) is 135 cm³/mol. The number of carbonyl (C=O) groups is 4. The third-order valence-corrected chi connectivity index (χ3v) is 6.18. The van der Waals surface area contributed by atoms with Gasteiger partial charge in [-0.15, -0.1) is 0 Å². The molecule has 0 bridgehead atoms.